The van der Waals surface area contributed by atoms with E-state index in [1.807, 2.05) is 0 Å². The van der Waals surface area contributed by atoms with Gasteiger partial charge in [0.2, 0.25) is 0 Å². The molecule has 0 unspecified atom stereocenters. The van der Waals surface area contributed by atoms with Crippen LogP contribution in [0.5, 0.6) is 0 Å². The molecule has 0 aromatic rings. The Bertz CT molecular complexity index is 141. The van der Waals surface area contributed by atoms with Crippen LogP contribution in [0, 0.1) is 0 Å². The minimum Gasteiger partial charge on any atom is -0.481 e. The summed E-state index contributed by atoms with van der Waals surface area (Å²) in [6, 6.07) is 0. The number of unbranched alkanes of at least 4 members (excludes halogenated alkanes) is 8. The summed E-state index contributed by atoms with van der Waals surface area (Å²) in [5.74, 6) is -0.659. The van der Waals surface area contributed by atoms with Gasteiger partial charge in [0.05, 0.1) is 0 Å². The van der Waals surface area contributed by atoms with Crippen LogP contribution in [0.1, 0.15) is 71.1 Å². The first-order valence-corrected chi connectivity index (χ1v) is 5.99. The number of hydrogen-bond donors (Lipinski definition) is 1. The van der Waals surface area contributed by atoms with Crippen molar-refractivity contribution in [1.29, 1.82) is 0 Å². The summed E-state index contributed by atoms with van der Waals surface area (Å²) < 4.78 is 0. The summed E-state index contributed by atoms with van der Waals surface area (Å²) in [6.07, 6.45) is 11.5. The summed E-state index contributed by atoms with van der Waals surface area (Å²) >= 11 is 0. The monoisotopic (exact) mass is 246 g/mol. The zero-order valence-corrected chi connectivity index (χ0v) is 15.4. The van der Waals surface area contributed by atoms with Gasteiger partial charge in [0, 0.05) is 6.42 Å². The first kappa shape index (κ1) is 22.6. The van der Waals surface area contributed by atoms with Gasteiger partial charge in [0.15, 0.2) is 0 Å². The fourth-order valence-electron chi connectivity index (χ4n) is 1.59. The van der Waals surface area contributed by atoms with Crippen molar-refractivity contribution in [3.63, 3.8) is 0 Å². The van der Waals surface area contributed by atoms with Crippen molar-refractivity contribution in [2.24, 2.45) is 0 Å². The Labute approximate surface area is 145 Å². The molecule has 0 radical (unpaired) electrons. The first-order valence-electron chi connectivity index (χ1n) is 5.99. The molecule has 0 amide bonds. The van der Waals surface area contributed by atoms with Gasteiger partial charge in [-0.05, 0) is 6.42 Å². The molecule has 0 aliphatic heterocycles. The van der Waals surface area contributed by atoms with Gasteiger partial charge in [-0.15, -0.1) is 0 Å². The van der Waals surface area contributed by atoms with E-state index >= 15 is 0 Å². The molecule has 0 aromatic heterocycles. The molecule has 0 saturated carbocycles. The molecule has 1 N–H and O–H groups in total. The van der Waals surface area contributed by atoms with Crippen LogP contribution in [0.25, 0.3) is 0 Å². The van der Waals surface area contributed by atoms with Gasteiger partial charge in [-0.1, -0.05) is 58.3 Å². The van der Waals surface area contributed by atoms with Crippen LogP contribution in [0.3, 0.4) is 0 Å². The third-order valence-electron chi connectivity index (χ3n) is 2.49. The Morgan fingerprint density at radius 1 is 0.812 bits per heavy atom. The minimum atomic E-state index is -0.659. The van der Waals surface area contributed by atoms with Gasteiger partial charge in [0.1, 0.15) is 0 Å². The van der Waals surface area contributed by atoms with Crippen molar-refractivity contribution < 1.29 is 69.0 Å². The second-order valence-electron chi connectivity index (χ2n) is 3.97. The molecular formula is C12H24Na2O2+2. The molecule has 0 atom stereocenters. The van der Waals surface area contributed by atoms with E-state index in [2.05, 4.69) is 6.92 Å². The predicted octanol–water partition coefficient (Wildman–Crippen LogP) is -2.00. The predicted molar refractivity (Wildman–Crippen MR) is 59.5 cm³/mol. The van der Waals surface area contributed by atoms with Gasteiger partial charge in [-0.2, -0.15) is 0 Å². The number of carbonyl (C=O) groups is 1. The molecule has 4 heteroatoms. The van der Waals surface area contributed by atoms with Crippen molar-refractivity contribution >= 4 is 5.97 Å². The SMILES string of the molecule is CCCCCCCCCCCC(=O)O.[Na+].[Na+]. The van der Waals surface area contributed by atoms with Gasteiger partial charge >= 0.3 is 65.1 Å². The fourth-order valence-corrected chi connectivity index (χ4v) is 1.59. The van der Waals surface area contributed by atoms with Crippen LogP contribution in [0.2, 0.25) is 0 Å². The fraction of sp³-hybridized carbons (Fsp3) is 0.917. The molecule has 0 rings (SSSR count). The van der Waals surface area contributed by atoms with Gasteiger partial charge < -0.3 is 5.11 Å². The van der Waals surface area contributed by atoms with E-state index in [1.165, 1.54) is 44.9 Å². The van der Waals surface area contributed by atoms with E-state index in [-0.39, 0.29) is 59.1 Å². The molecule has 16 heavy (non-hydrogen) atoms. The molecule has 2 nitrogen and oxygen atoms in total. The van der Waals surface area contributed by atoms with E-state index in [1.54, 1.807) is 0 Å². The largest absolute Gasteiger partial charge is 1.00 e. The van der Waals surface area contributed by atoms with Crippen LogP contribution in [0.15, 0.2) is 0 Å². The van der Waals surface area contributed by atoms with Crippen LogP contribution >= 0.6 is 0 Å². The van der Waals surface area contributed by atoms with Gasteiger partial charge in [0.25, 0.3) is 0 Å². The zero-order chi connectivity index (χ0) is 10.6. The Morgan fingerprint density at radius 3 is 1.56 bits per heavy atom. The molecule has 0 aliphatic rings. The second kappa shape index (κ2) is 18.8. The number of carboxylic acids is 1. The second-order valence-corrected chi connectivity index (χ2v) is 3.97. The maximum atomic E-state index is 10.2. The van der Waals surface area contributed by atoms with Crippen LogP contribution < -0.4 is 59.1 Å². The van der Waals surface area contributed by atoms with Gasteiger partial charge in [-0.25, -0.2) is 0 Å². The molecule has 0 aromatic carbocycles. The van der Waals surface area contributed by atoms with E-state index in [0.717, 1.165) is 12.8 Å². The van der Waals surface area contributed by atoms with Crippen LogP contribution in [-0.2, 0) is 4.79 Å². The van der Waals surface area contributed by atoms with E-state index < -0.39 is 5.97 Å². The third-order valence-corrected chi connectivity index (χ3v) is 2.49. The van der Waals surface area contributed by atoms with Crippen molar-refractivity contribution in [3.05, 3.63) is 0 Å². The van der Waals surface area contributed by atoms with Crippen molar-refractivity contribution in [1.82, 2.24) is 0 Å². The van der Waals surface area contributed by atoms with Crippen molar-refractivity contribution in [2.75, 3.05) is 0 Å². The first-order chi connectivity index (χ1) is 6.77. The number of rotatable bonds is 10. The quantitative estimate of drug-likeness (QED) is 0.358. The standard InChI is InChI=1S/C12H24O2.2Na/c1-2-3-4-5-6-7-8-9-10-11-12(13)14;;/h2-11H2,1H3,(H,13,14);;/q;2*+1. The molecule has 0 heterocycles. The summed E-state index contributed by atoms with van der Waals surface area (Å²) in [6.45, 7) is 2.23. The summed E-state index contributed by atoms with van der Waals surface area (Å²) in [5.41, 5.74) is 0. The number of aliphatic carboxylic acids is 1. The topological polar surface area (TPSA) is 37.3 Å². The Kier molecular flexibility index (Phi) is 26.6. The maximum absolute atomic E-state index is 10.2. The summed E-state index contributed by atoms with van der Waals surface area (Å²) in [7, 11) is 0. The number of carboxylic acid groups (broad SMARTS) is 1. The number of hydrogen-bond acceptors (Lipinski definition) is 1. The van der Waals surface area contributed by atoms with Crippen molar-refractivity contribution in [3.8, 4) is 0 Å². The van der Waals surface area contributed by atoms with Crippen LogP contribution in [0.4, 0.5) is 0 Å². The Hall–Kier alpha value is 1.47. The zero-order valence-electron chi connectivity index (χ0n) is 11.4. The summed E-state index contributed by atoms with van der Waals surface area (Å²) in [4.78, 5) is 10.2. The van der Waals surface area contributed by atoms with Gasteiger partial charge in [-0.3, -0.25) is 4.79 Å². The minimum absolute atomic E-state index is 0. The van der Waals surface area contributed by atoms with E-state index in [4.69, 9.17) is 5.11 Å². The normalized spacial score (nSPS) is 9.06. The molecule has 0 saturated heterocycles. The summed E-state index contributed by atoms with van der Waals surface area (Å²) in [5, 5.41) is 8.41. The Morgan fingerprint density at radius 2 is 1.19 bits per heavy atom. The smallest absolute Gasteiger partial charge is 0.481 e. The molecule has 0 fully saturated rings. The average Bonchev–Trinajstić information content (AvgIpc) is 2.15. The Balaban J connectivity index is -0.000000845. The van der Waals surface area contributed by atoms with E-state index in [0.29, 0.717) is 6.42 Å². The molecular weight excluding hydrogens is 222 g/mol. The average molecular weight is 246 g/mol. The van der Waals surface area contributed by atoms with Crippen molar-refractivity contribution in [2.45, 2.75) is 71.1 Å². The molecule has 0 bridgehead atoms. The third kappa shape index (κ3) is 20.8. The van der Waals surface area contributed by atoms with E-state index in [9.17, 15) is 4.79 Å². The molecule has 84 valence electrons. The van der Waals surface area contributed by atoms with Crippen LogP contribution in [-0.4, -0.2) is 11.1 Å². The maximum Gasteiger partial charge on any atom is 1.00 e. The molecule has 0 spiro atoms. The molecule has 0 aliphatic carbocycles.